The molecule has 4 heterocycles. The van der Waals surface area contributed by atoms with Crippen LogP contribution in [0.4, 0.5) is 0 Å². The van der Waals surface area contributed by atoms with Gasteiger partial charge in [-0.05, 0) is 31.5 Å². The summed E-state index contributed by atoms with van der Waals surface area (Å²) in [5.41, 5.74) is 2.01. The number of pyridine rings is 1. The second kappa shape index (κ2) is 5.93. The van der Waals surface area contributed by atoms with Gasteiger partial charge in [0.15, 0.2) is 5.82 Å². The molecule has 1 atom stereocenters. The van der Waals surface area contributed by atoms with Gasteiger partial charge in [0, 0.05) is 31.2 Å². The first kappa shape index (κ1) is 13.5. The SMILES string of the molecule is c1ccn2c(-c3nccn3CC3CCCCCN3)cnc2c1. The fourth-order valence-corrected chi connectivity index (χ4v) is 3.28. The van der Waals surface area contributed by atoms with Crippen molar-refractivity contribution in [2.75, 3.05) is 6.54 Å². The number of aromatic nitrogens is 4. The molecule has 0 aromatic carbocycles. The Kier molecular flexibility index (Phi) is 3.64. The lowest BCUT2D eigenvalue weighted by Gasteiger charge is -2.17. The second-order valence-electron chi connectivity index (χ2n) is 5.98. The fraction of sp³-hybridized carbons (Fsp3) is 0.412. The van der Waals surface area contributed by atoms with Crippen molar-refractivity contribution in [3.63, 3.8) is 0 Å². The van der Waals surface area contributed by atoms with Crippen molar-refractivity contribution < 1.29 is 0 Å². The van der Waals surface area contributed by atoms with Crippen molar-refractivity contribution in [2.24, 2.45) is 0 Å². The molecule has 22 heavy (non-hydrogen) atoms. The topological polar surface area (TPSA) is 47.1 Å². The van der Waals surface area contributed by atoms with E-state index in [-0.39, 0.29) is 0 Å². The first-order valence-electron chi connectivity index (χ1n) is 8.09. The van der Waals surface area contributed by atoms with E-state index >= 15 is 0 Å². The summed E-state index contributed by atoms with van der Waals surface area (Å²) >= 11 is 0. The van der Waals surface area contributed by atoms with Crippen molar-refractivity contribution in [3.8, 4) is 11.5 Å². The molecule has 5 nitrogen and oxygen atoms in total. The first-order chi connectivity index (χ1) is 10.9. The summed E-state index contributed by atoms with van der Waals surface area (Å²) in [5.74, 6) is 0.991. The van der Waals surface area contributed by atoms with Crippen LogP contribution in [0.1, 0.15) is 25.7 Å². The lowest BCUT2D eigenvalue weighted by molar-refractivity contribution is 0.446. The summed E-state index contributed by atoms with van der Waals surface area (Å²) in [6.07, 6.45) is 13.1. The highest BCUT2D eigenvalue weighted by atomic mass is 15.1. The third-order valence-electron chi connectivity index (χ3n) is 4.44. The van der Waals surface area contributed by atoms with Gasteiger partial charge in [-0.1, -0.05) is 18.9 Å². The average Bonchev–Trinajstić information content (AvgIpc) is 3.08. The highest BCUT2D eigenvalue weighted by Gasteiger charge is 2.16. The van der Waals surface area contributed by atoms with E-state index in [2.05, 4.69) is 30.4 Å². The first-order valence-corrected chi connectivity index (χ1v) is 8.09. The van der Waals surface area contributed by atoms with E-state index in [1.165, 1.54) is 25.7 Å². The predicted octanol–water partition coefficient (Wildman–Crippen LogP) is 2.73. The van der Waals surface area contributed by atoms with Crippen molar-refractivity contribution >= 4 is 5.65 Å². The van der Waals surface area contributed by atoms with Gasteiger partial charge < -0.3 is 9.88 Å². The standard InChI is InChI=1S/C17H21N5/c1-2-6-14(18-8-4-1)13-21-11-9-19-17(21)15-12-20-16-7-3-5-10-22(15)16/h3,5,7,9-12,14,18H,1-2,4,6,8,13H2. The summed E-state index contributed by atoms with van der Waals surface area (Å²) in [6.45, 7) is 2.10. The van der Waals surface area contributed by atoms with Crippen molar-refractivity contribution in [1.29, 1.82) is 0 Å². The van der Waals surface area contributed by atoms with Gasteiger partial charge in [-0.2, -0.15) is 0 Å². The molecule has 1 fully saturated rings. The van der Waals surface area contributed by atoms with Gasteiger partial charge in [-0.15, -0.1) is 0 Å². The van der Waals surface area contributed by atoms with Crippen LogP contribution in [0.5, 0.6) is 0 Å². The Bertz CT molecular complexity index is 749. The monoisotopic (exact) mass is 295 g/mol. The van der Waals surface area contributed by atoms with Crippen LogP contribution in [0.15, 0.2) is 43.0 Å². The van der Waals surface area contributed by atoms with Crippen molar-refractivity contribution in [2.45, 2.75) is 38.3 Å². The van der Waals surface area contributed by atoms with Gasteiger partial charge >= 0.3 is 0 Å². The van der Waals surface area contributed by atoms with E-state index in [1.54, 1.807) is 0 Å². The number of fused-ring (bicyclic) bond motifs is 1. The molecule has 1 saturated heterocycles. The zero-order chi connectivity index (χ0) is 14.8. The van der Waals surface area contributed by atoms with E-state index in [0.717, 1.165) is 30.3 Å². The minimum absolute atomic E-state index is 0.537. The molecule has 3 aromatic heterocycles. The van der Waals surface area contributed by atoms with Gasteiger partial charge in [0.05, 0.1) is 6.20 Å². The Labute approximate surface area is 130 Å². The van der Waals surface area contributed by atoms with Crippen molar-refractivity contribution in [1.82, 2.24) is 24.3 Å². The molecule has 0 bridgehead atoms. The molecule has 114 valence electrons. The van der Waals surface area contributed by atoms with Gasteiger partial charge in [0.1, 0.15) is 11.3 Å². The Balaban J connectivity index is 1.65. The Morgan fingerprint density at radius 2 is 2.14 bits per heavy atom. The Morgan fingerprint density at radius 1 is 1.14 bits per heavy atom. The van der Waals surface area contributed by atoms with E-state index in [4.69, 9.17) is 0 Å². The number of hydrogen-bond donors (Lipinski definition) is 1. The maximum absolute atomic E-state index is 4.57. The molecule has 1 unspecified atom stereocenters. The normalized spacial score (nSPS) is 19.4. The number of nitrogens with zero attached hydrogens (tertiary/aromatic N) is 4. The van der Waals surface area contributed by atoms with Gasteiger partial charge in [-0.25, -0.2) is 9.97 Å². The molecular formula is C17H21N5. The van der Waals surface area contributed by atoms with Gasteiger partial charge in [0.2, 0.25) is 0 Å². The van der Waals surface area contributed by atoms with Crippen LogP contribution in [0.2, 0.25) is 0 Å². The molecule has 0 radical (unpaired) electrons. The van der Waals surface area contributed by atoms with E-state index in [9.17, 15) is 0 Å². The molecule has 0 aliphatic carbocycles. The van der Waals surface area contributed by atoms with Crippen LogP contribution in [-0.4, -0.2) is 31.5 Å². The minimum atomic E-state index is 0.537. The van der Waals surface area contributed by atoms with Crippen LogP contribution < -0.4 is 5.32 Å². The van der Waals surface area contributed by atoms with Gasteiger partial charge in [0.25, 0.3) is 0 Å². The fourth-order valence-electron chi connectivity index (χ4n) is 3.28. The molecule has 0 amide bonds. The number of rotatable bonds is 3. The molecule has 0 saturated carbocycles. The van der Waals surface area contributed by atoms with Crippen molar-refractivity contribution in [3.05, 3.63) is 43.0 Å². The molecule has 3 aromatic rings. The zero-order valence-electron chi connectivity index (χ0n) is 12.7. The molecule has 1 aliphatic heterocycles. The Morgan fingerprint density at radius 3 is 3.14 bits per heavy atom. The summed E-state index contributed by atoms with van der Waals surface area (Å²) in [6, 6.07) is 6.59. The molecule has 4 rings (SSSR count). The van der Waals surface area contributed by atoms with Gasteiger partial charge in [-0.3, -0.25) is 4.40 Å². The smallest absolute Gasteiger partial charge is 0.158 e. The number of imidazole rings is 2. The summed E-state index contributed by atoms with van der Waals surface area (Å²) in [5, 5.41) is 3.66. The molecule has 0 spiro atoms. The van der Waals surface area contributed by atoms with E-state index in [1.807, 2.05) is 36.8 Å². The minimum Gasteiger partial charge on any atom is -0.328 e. The van der Waals surface area contributed by atoms with E-state index in [0.29, 0.717) is 6.04 Å². The average molecular weight is 295 g/mol. The van der Waals surface area contributed by atoms with E-state index < -0.39 is 0 Å². The second-order valence-corrected chi connectivity index (χ2v) is 5.98. The lowest BCUT2D eigenvalue weighted by atomic mass is 10.1. The maximum atomic E-state index is 4.57. The number of hydrogen-bond acceptors (Lipinski definition) is 3. The summed E-state index contributed by atoms with van der Waals surface area (Å²) in [4.78, 5) is 9.04. The predicted molar refractivity (Wildman–Crippen MR) is 86.7 cm³/mol. The van der Waals surface area contributed by atoms with Crippen LogP contribution in [0, 0.1) is 0 Å². The van der Waals surface area contributed by atoms with Crippen LogP contribution in [0.25, 0.3) is 17.2 Å². The summed E-state index contributed by atoms with van der Waals surface area (Å²) in [7, 11) is 0. The van der Waals surface area contributed by atoms with Crippen LogP contribution in [0.3, 0.4) is 0 Å². The third-order valence-corrected chi connectivity index (χ3v) is 4.44. The Hall–Kier alpha value is -2.14. The molecular weight excluding hydrogens is 274 g/mol. The largest absolute Gasteiger partial charge is 0.328 e. The highest BCUT2D eigenvalue weighted by Crippen LogP contribution is 2.20. The zero-order valence-corrected chi connectivity index (χ0v) is 12.7. The van der Waals surface area contributed by atoms with Crippen LogP contribution >= 0.6 is 0 Å². The highest BCUT2D eigenvalue weighted by molar-refractivity contribution is 5.57. The maximum Gasteiger partial charge on any atom is 0.158 e. The third kappa shape index (κ3) is 2.52. The summed E-state index contributed by atoms with van der Waals surface area (Å²) < 4.78 is 4.35. The lowest BCUT2D eigenvalue weighted by Crippen LogP contribution is -2.32. The quantitative estimate of drug-likeness (QED) is 0.808. The molecule has 1 aliphatic rings. The molecule has 1 N–H and O–H groups in total. The number of nitrogens with one attached hydrogen (secondary N) is 1. The van der Waals surface area contributed by atoms with Crippen LogP contribution in [-0.2, 0) is 6.54 Å². The molecule has 5 heteroatoms.